The zero-order chi connectivity index (χ0) is 17.2. The van der Waals surface area contributed by atoms with Crippen molar-refractivity contribution in [2.45, 2.75) is 27.7 Å². The van der Waals surface area contributed by atoms with E-state index in [0.29, 0.717) is 16.0 Å². The predicted octanol–water partition coefficient (Wildman–Crippen LogP) is 3.06. The molecule has 0 atom stereocenters. The number of carbonyl (C=O) groups excluding carboxylic acids is 1. The van der Waals surface area contributed by atoms with Gasteiger partial charge < -0.3 is 15.7 Å². The minimum atomic E-state index is -0.942. The van der Waals surface area contributed by atoms with Crippen molar-refractivity contribution in [1.82, 2.24) is 9.97 Å². The molecule has 2 aromatic heterocycles. The summed E-state index contributed by atoms with van der Waals surface area (Å²) in [4.78, 5) is 32.1. The minimum Gasteiger partial charge on any atom is -0.480 e. The van der Waals surface area contributed by atoms with Crippen molar-refractivity contribution in [3.8, 4) is 10.6 Å². The van der Waals surface area contributed by atoms with Crippen LogP contribution in [-0.4, -0.2) is 33.5 Å². The van der Waals surface area contributed by atoms with Crippen LogP contribution in [0.5, 0.6) is 0 Å². The van der Waals surface area contributed by atoms with Gasteiger partial charge in [0, 0.05) is 10.8 Å². The fourth-order valence-corrected chi connectivity index (χ4v) is 3.28. The zero-order valence-corrected chi connectivity index (χ0v) is 14.9. The number of nitrogens with one attached hydrogen (secondary N) is 2. The SMILES string of the molecule is Cc1nc(NC(=O)C(C)(C)C)sc1-c1csc(NCC(=O)O)n1. The standard InChI is InChI=1S/C14H18N4O3S2/c1-7-10(8-6-22-12(17-8)15-5-9(19)20)23-13(16-7)18-11(21)14(2,3)4/h6H,5H2,1-4H3,(H,15,17)(H,19,20)(H,16,18,21). The third-order valence-corrected chi connectivity index (χ3v) is 4.72. The van der Waals surface area contributed by atoms with Crippen LogP contribution in [0, 0.1) is 12.3 Å². The van der Waals surface area contributed by atoms with Gasteiger partial charge in [-0.1, -0.05) is 32.1 Å². The molecule has 0 spiro atoms. The van der Waals surface area contributed by atoms with Crippen LogP contribution in [-0.2, 0) is 9.59 Å². The lowest BCUT2D eigenvalue weighted by atomic mass is 9.96. The Morgan fingerprint density at radius 3 is 2.57 bits per heavy atom. The van der Waals surface area contributed by atoms with Gasteiger partial charge in [-0.15, -0.1) is 11.3 Å². The molecule has 9 heteroatoms. The molecular weight excluding hydrogens is 336 g/mol. The Balaban J connectivity index is 2.15. The first-order valence-electron chi connectivity index (χ1n) is 6.87. The lowest BCUT2D eigenvalue weighted by Crippen LogP contribution is -2.27. The van der Waals surface area contributed by atoms with E-state index in [2.05, 4.69) is 20.6 Å². The number of nitrogens with zero attached hydrogens (tertiary/aromatic N) is 2. The second-order valence-electron chi connectivity index (χ2n) is 5.92. The van der Waals surface area contributed by atoms with Gasteiger partial charge in [0.2, 0.25) is 5.91 Å². The zero-order valence-electron chi connectivity index (χ0n) is 13.3. The van der Waals surface area contributed by atoms with E-state index >= 15 is 0 Å². The van der Waals surface area contributed by atoms with Gasteiger partial charge in [-0.3, -0.25) is 9.59 Å². The highest BCUT2D eigenvalue weighted by molar-refractivity contribution is 7.20. The summed E-state index contributed by atoms with van der Waals surface area (Å²) in [6, 6.07) is 0. The van der Waals surface area contributed by atoms with Crippen molar-refractivity contribution in [3.05, 3.63) is 11.1 Å². The molecule has 2 aromatic rings. The molecule has 0 bridgehead atoms. The molecule has 0 saturated carbocycles. The number of rotatable bonds is 5. The van der Waals surface area contributed by atoms with Crippen molar-refractivity contribution in [1.29, 1.82) is 0 Å². The Kier molecular flexibility index (Phi) is 5.00. The molecule has 3 N–H and O–H groups in total. The Labute approximate surface area is 141 Å². The number of hydrogen-bond donors (Lipinski definition) is 3. The van der Waals surface area contributed by atoms with E-state index in [0.717, 1.165) is 10.6 Å². The van der Waals surface area contributed by atoms with Crippen LogP contribution in [0.2, 0.25) is 0 Å². The maximum absolute atomic E-state index is 12.0. The minimum absolute atomic E-state index is 0.0973. The van der Waals surface area contributed by atoms with E-state index in [1.54, 1.807) is 0 Å². The van der Waals surface area contributed by atoms with Gasteiger partial charge in [-0.25, -0.2) is 9.97 Å². The molecule has 0 aliphatic heterocycles. The smallest absolute Gasteiger partial charge is 0.322 e. The fraction of sp³-hybridized carbons (Fsp3) is 0.429. The van der Waals surface area contributed by atoms with Crippen LogP contribution in [0.4, 0.5) is 10.3 Å². The van der Waals surface area contributed by atoms with Crippen molar-refractivity contribution >= 4 is 44.8 Å². The number of hydrogen-bond acceptors (Lipinski definition) is 7. The Bertz CT molecular complexity index is 731. The van der Waals surface area contributed by atoms with Crippen LogP contribution in [0.1, 0.15) is 26.5 Å². The van der Waals surface area contributed by atoms with E-state index in [-0.39, 0.29) is 12.5 Å². The molecular formula is C14H18N4O3S2. The summed E-state index contributed by atoms with van der Waals surface area (Å²) in [5.74, 6) is -1.04. The van der Waals surface area contributed by atoms with E-state index in [9.17, 15) is 9.59 Å². The first kappa shape index (κ1) is 17.4. The van der Waals surface area contributed by atoms with Gasteiger partial charge >= 0.3 is 5.97 Å². The third kappa shape index (κ3) is 4.49. The normalized spacial score (nSPS) is 11.3. The molecule has 0 radical (unpaired) electrons. The Morgan fingerprint density at radius 2 is 1.96 bits per heavy atom. The van der Waals surface area contributed by atoms with Crippen molar-refractivity contribution in [2.75, 3.05) is 17.2 Å². The molecule has 2 heterocycles. The first-order valence-corrected chi connectivity index (χ1v) is 8.57. The van der Waals surface area contributed by atoms with Gasteiger partial charge in [-0.2, -0.15) is 0 Å². The third-order valence-electron chi connectivity index (χ3n) is 2.83. The molecule has 0 fully saturated rings. The molecule has 2 rings (SSSR count). The number of aliphatic carboxylic acids is 1. The van der Waals surface area contributed by atoms with E-state index in [1.807, 2.05) is 33.1 Å². The predicted molar refractivity (Wildman–Crippen MR) is 92.2 cm³/mol. The summed E-state index contributed by atoms with van der Waals surface area (Å²) in [6.07, 6.45) is 0. The van der Waals surface area contributed by atoms with E-state index in [4.69, 9.17) is 5.11 Å². The highest BCUT2D eigenvalue weighted by Crippen LogP contribution is 2.35. The lowest BCUT2D eigenvalue weighted by Gasteiger charge is -2.15. The fourth-order valence-electron chi connectivity index (χ4n) is 1.58. The highest BCUT2D eigenvalue weighted by atomic mass is 32.1. The average molecular weight is 354 g/mol. The number of anilines is 2. The lowest BCUT2D eigenvalue weighted by molar-refractivity contribution is -0.135. The molecule has 0 aliphatic rings. The van der Waals surface area contributed by atoms with Crippen LogP contribution >= 0.6 is 22.7 Å². The number of aromatic nitrogens is 2. The molecule has 1 amide bonds. The van der Waals surface area contributed by atoms with Crippen molar-refractivity contribution in [2.24, 2.45) is 5.41 Å². The summed E-state index contributed by atoms with van der Waals surface area (Å²) in [7, 11) is 0. The van der Waals surface area contributed by atoms with E-state index in [1.165, 1.54) is 22.7 Å². The number of carbonyl (C=O) groups is 2. The van der Waals surface area contributed by atoms with Crippen LogP contribution in [0.15, 0.2) is 5.38 Å². The van der Waals surface area contributed by atoms with E-state index < -0.39 is 11.4 Å². The van der Waals surface area contributed by atoms with Crippen LogP contribution < -0.4 is 10.6 Å². The second kappa shape index (κ2) is 6.63. The number of thiazole rings is 2. The molecule has 23 heavy (non-hydrogen) atoms. The number of carboxylic acid groups (broad SMARTS) is 1. The van der Waals surface area contributed by atoms with Gasteiger partial charge in [0.25, 0.3) is 0 Å². The molecule has 0 saturated heterocycles. The number of carboxylic acids is 1. The highest BCUT2D eigenvalue weighted by Gasteiger charge is 2.23. The topological polar surface area (TPSA) is 104 Å². The van der Waals surface area contributed by atoms with Crippen molar-refractivity contribution < 1.29 is 14.7 Å². The van der Waals surface area contributed by atoms with Gasteiger partial charge in [0.15, 0.2) is 10.3 Å². The van der Waals surface area contributed by atoms with Gasteiger partial charge in [0.1, 0.15) is 6.54 Å². The Morgan fingerprint density at radius 1 is 1.26 bits per heavy atom. The van der Waals surface area contributed by atoms with Crippen LogP contribution in [0.3, 0.4) is 0 Å². The van der Waals surface area contributed by atoms with Gasteiger partial charge in [-0.05, 0) is 6.92 Å². The number of aryl methyl sites for hydroxylation is 1. The molecule has 0 aromatic carbocycles. The second-order valence-corrected chi connectivity index (χ2v) is 7.78. The summed E-state index contributed by atoms with van der Waals surface area (Å²) in [6.45, 7) is 7.18. The maximum Gasteiger partial charge on any atom is 0.322 e. The number of amides is 1. The quantitative estimate of drug-likeness (QED) is 0.762. The largest absolute Gasteiger partial charge is 0.480 e. The molecule has 0 unspecified atom stereocenters. The van der Waals surface area contributed by atoms with Crippen LogP contribution in [0.25, 0.3) is 10.6 Å². The summed E-state index contributed by atoms with van der Waals surface area (Å²) < 4.78 is 0. The maximum atomic E-state index is 12.0. The molecule has 7 nitrogen and oxygen atoms in total. The van der Waals surface area contributed by atoms with Gasteiger partial charge in [0.05, 0.1) is 16.3 Å². The molecule has 124 valence electrons. The summed E-state index contributed by atoms with van der Waals surface area (Å²) >= 11 is 2.68. The summed E-state index contributed by atoms with van der Waals surface area (Å²) in [5.41, 5.74) is 0.998. The van der Waals surface area contributed by atoms with Crippen molar-refractivity contribution in [3.63, 3.8) is 0 Å². The molecule has 0 aliphatic carbocycles. The first-order chi connectivity index (χ1) is 10.7. The Hall–Kier alpha value is -2.00. The summed E-state index contributed by atoms with van der Waals surface area (Å²) in [5, 5.41) is 17.1. The monoisotopic (exact) mass is 354 g/mol. The average Bonchev–Trinajstić information content (AvgIpc) is 3.02.